The van der Waals surface area contributed by atoms with E-state index in [1.807, 2.05) is 9.13 Å². The maximum atomic E-state index is 12.4. The quantitative estimate of drug-likeness (QED) is 0.581. The minimum absolute atomic E-state index is 0. The Morgan fingerprint density at radius 2 is 1.88 bits per heavy atom. The number of aromatic nitrogens is 3. The molecular weight excluding hydrogens is 473 g/mol. The molecule has 3 aliphatic rings. The van der Waals surface area contributed by atoms with Gasteiger partial charge in [-0.3, -0.25) is 14.6 Å². The first-order chi connectivity index (χ1) is 16.1. The second-order valence-electron chi connectivity index (χ2n) is 9.64. The summed E-state index contributed by atoms with van der Waals surface area (Å²) in [5.74, 6) is 0.210. The van der Waals surface area contributed by atoms with Gasteiger partial charge in [0, 0.05) is 67.7 Å². The molecule has 0 aliphatic carbocycles. The molecule has 1 fully saturated rings. The molecule has 6 rings (SSSR count). The maximum absolute atomic E-state index is 12.4. The van der Waals surface area contributed by atoms with E-state index < -0.39 is 0 Å². The third kappa shape index (κ3) is 4.19. The lowest BCUT2D eigenvalue weighted by atomic mass is 9.98. The van der Waals surface area contributed by atoms with Crippen LogP contribution in [0.15, 0.2) is 40.1 Å². The summed E-state index contributed by atoms with van der Waals surface area (Å²) >= 11 is 6.54. The summed E-state index contributed by atoms with van der Waals surface area (Å²) in [5, 5.41) is 4.33. The summed E-state index contributed by atoms with van der Waals surface area (Å²) in [6.45, 7) is 5.20. The minimum atomic E-state index is 0. The number of rotatable bonds is 5. The third-order valence-electron chi connectivity index (χ3n) is 7.55. The SMILES string of the molecule is Cl.O=c1cc(CNC2CCN(CC3Cn4c(=O)ccc5ncc(Cl)c3c54)CC2)cc2n1CCC2. The van der Waals surface area contributed by atoms with Crippen molar-refractivity contribution >= 4 is 35.0 Å². The number of pyridine rings is 3. The third-order valence-corrected chi connectivity index (χ3v) is 7.85. The lowest BCUT2D eigenvalue weighted by Gasteiger charge is -2.34. The van der Waals surface area contributed by atoms with Gasteiger partial charge in [0.1, 0.15) is 0 Å². The number of hydrogen-bond acceptors (Lipinski definition) is 5. The molecule has 6 heterocycles. The fraction of sp³-hybridized carbons (Fsp3) is 0.480. The lowest BCUT2D eigenvalue weighted by molar-refractivity contribution is 0.185. The molecule has 3 aromatic rings. The van der Waals surface area contributed by atoms with Crippen LogP contribution in [0.5, 0.6) is 0 Å². The topological polar surface area (TPSA) is 72.2 Å². The zero-order valence-corrected chi connectivity index (χ0v) is 20.6. The van der Waals surface area contributed by atoms with E-state index in [0.717, 1.165) is 80.6 Å². The van der Waals surface area contributed by atoms with Crippen LogP contribution in [0.25, 0.3) is 11.0 Å². The molecule has 9 heteroatoms. The van der Waals surface area contributed by atoms with Crippen LogP contribution >= 0.6 is 24.0 Å². The molecule has 0 spiro atoms. The van der Waals surface area contributed by atoms with Crippen molar-refractivity contribution in [2.45, 2.75) is 57.3 Å². The molecule has 1 saturated heterocycles. The molecule has 3 aliphatic heterocycles. The van der Waals surface area contributed by atoms with Crippen LogP contribution < -0.4 is 16.4 Å². The number of aryl methyl sites for hydroxylation is 1. The van der Waals surface area contributed by atoms with E-state index in [1.165, 1.54) is 5.69 Å². The number of likely N-dealkylation sites (tertiary alicyclic amines) is 1. The fourth-order valence-electron chi connectivity index (χ4n) is 5.88. The number of fused-ring (bicyclic) bond motifs is 1. The van der Waals surface area contributed by atoms with Gasteiger partial charge in [0.05, 0.1) is 16.1 Å². The average Bonchev–Trinajstić information content (AvgIpc) is 3.44. The number of hydrogen-bond donors (Lipinski definition) is 1. The number of nitrogens with zero attached hydrogens (tertiary/aromatic N) is 4. The molecule has 180 valence electrons. The minimum Gasteiger partial charge on any atom is -0.313 e. The molecule has 1 N–H and O–H groups in total. The average molecular weight is 502 g/mol. The van der Waals surface area contributed by atoms with Gasteiger partial charge >= 0.3 is 0 Å². The second kappa shape index (κ2) is 9.46. The summed E-state index contributed by atoms with van der Waals surface area (Å²) < 4.78 is 3.74. The molecule has 1 unspecified atom stereocenters. The molecule has 0 radical (unpaired) electrons. The summed E-state index contributed by atoms with van der Waals surface area (Å²) in [6, 6.07) is 7.83. The predicted molar refractivity (Wildman–Crippen MR) is 136 cm³/mol. The molecule has 3 aromatic heterocycles. The van der Waals surface area contributed by atoms with Gasteiger partial charge in [0.25, 0.3) is 11.1 Å². The van der Waals surface area contributed by atoms with Crippen molar-refractivity contribution < 1.29 is 0 Å². The highest BCUT2D eigenvalue weighted by Crippen LogP contribution is 2.37. The first-order valence-electron chi connectivity index (χ1n) is 11.9. The summed E-state index contributed by atoms with van der Waals surface area (Å²) in [7, 11) is 0. The molecule has 7 nitrogen and oxygen atoms in total. The fourth-order valence-corrected chi connectivity index (χ4v) is 6.17. The monoisotopic (exact) mass is 501 g/mol. The Bertz CT molecular complexity index is 1340. The maximum Gasteiger partial charge on any atom is 0.251 e. The summed E-state index contributed by atoms with van der Waals surface area (Å²) in [4.78, 5) is 31.6. The first kappa shape index (κ1) is 23.5. The largest absolute Gasteiger partial charge is 0.313 e. The van der Waals surface area contributed by atoms with Gasteiger partial charge in [-0.1, -0.05) is 11.6 Å². The van der Waals surface area contributed by atoms with Gasteiger partial charge in [-0.2, -0.15) is 0 Å². The van der Waals surface area contributed by atoms with E-state index in [4.69, 9.17) is 11.6 Å². The Hall–Kier alpha value is -2.19. The van der Waals surface area contributed by atoms with Crippen molar-refractivity contribution in [1.29, 1.82) is 0 Å². The highest BCUT2D eigenvalue weighted by molar-refractivity contribution is 6.32. The van der Waals surface area contributed by atoms with Gasteiger partial charge in [-0.25, -0.2) is 0 Å². The van der Waals surface area contributed by atoms with Crippen molar-refractivity contribution in [2.24, 2.45) is 0 Å². The van der Waals surface area contributed by atoms with Crippen LogP contribution in [0.2, 0.25) is 5.02 Å². The van der Waals surface area contributed by atoms with Crippen molar-refractivity contribution in [1.82, 2.24) is 24.3 Å². The molecular formula is C25H29Cl2N5O2. The van der Waals surface area contributed by atoms with Crippen LogP contribution in [-0.4, -0.2) is 44.7 Å². The number of nitrogens with one attached hydrogen (secondary N) is 1. The Kier molecular flexibility index (Phi) is 6.55. The van der Waals surface area contributed by atoms with Crippen LogP contribution in [0.3, 0.4) is 0 Å². The molecule has 0 bridgehead atoms. The van der Waals surface area contributed by atoms with Crippen molar-refractivity contribution in [3.8, 4) is 0 Å². The smallest absolute Gasteiger partial charge is 0.251 e. The molecule has 0 aromatic carbocycles. The highest BCUT2D eigenvalue weighted by atomic mass is 35.5. The zero-order chi connectivity index (χ0) is 22.5. The van der Waals surface area contributed by atoms with E-state index in [0.29, 0.717) is 17.6 Å². The van der Waals surface area contributed by atoms with Crippen LogP contribution in [0, 0.1) is 0 Å². The van der Waals surface area contributed by atoms with E-state index in [-0.39, 0.29) is 29.4 Å². The van der Waals surface area contributed by atoms with Crippen LogP contribution in [-0.2, 0) is 26.1 Å². The predicted octanol–water partition coefficient (Wildman–Crippen LogP) is 2.93. The lowest BCUT2D eigenvalue weighted by Crippen LogP contribution is -2.43. The van der Waals surface area contributed by atoms with Gasteiger partial charge in [-0.05, 0) is 56.5 Å². The Morgan fingerprint density at radius 3 is 2.71 bits per heavy atom. The summed E-state index contributed by atoms with van der Waals surface area (Å²) in [6.07, 6.45) is 5.94. The van der Waals surface area contributed by atoms with Crippen molar-refractivity contribution in [3.63, 3.8) is 0 Å². The number of piperidine rings is 1. The normalized spacial score (nSPS) is 20.0. The highest BCUT2D eigenvalue weighted by Gasteiger charge is 2.31. The zero-order valence-electron chi connectivity index (χ0n) is 19.0. The standard InChI is InChI=1S/C25H28ClN5O2.ClH/c26-20-13-28-21-3-4-22(32)31-15-17(24(20)25(21)31)14-29-8-5-18(6-9-29)27-12-16-10-19-2-1-7-30(19)23(33)11-16;/h3-4,10-11,13,17-18,27H,1-2,5-9,12,14-15H2;1H. The second-order valence-corrected chi connectivity index (χ2v) is 10.0. The van der Waals surface area contributed by atoms with Crippen molar-refractivity contribution in [2.75, 3.05) is 19.6 Å². The molecule has 0 saturated carbocycles. The van der Waals surface area contributed by atoms with Gasteiger partial charge in [0.15, 0.2) is 0 Å². The van der Waals surface area contributed by atoms with E-state index in [9.17, 15) is 9.59 Å². The Labute approximate surface area is 209 Å². The van der Waals surface area contributed by atoms with Gasteiger partial charge in [0.2, 0.25) is 0 Å². The molecule has 1 atom stereocenters. The van der Waals surface area contributed by atoms with Crippen molar-refractivity contribution in [3.05, 3.63) is 73.0 Å². The van der Waals surface area contributed by atoms with E-state index >= 15 is 0 Å². The molecule has 34 heavy (non-hydrogen) atoms. The van der Waals surface area contributed by atoms with E-state index in [2.05, 4.69) is 21.3 Å². The van der Waals surface area contributed by atoms with E-state index in [1.54, 1.807) is 24.4 Å². The summed E-state index contributed by atoms with van der Waals surface area (Å²) in [5.41, 5.74) is 5.24. The van der Waals surface area contributed by atoms with Gasteiger partial charge < -0.3 is 19.4 Å². The Morgan fingerprint density at radius 1 is 1.06 bits per heavy atom. The van der Waals surface area contributed by atoms with Gasteiger partial charge in [-0.15, -0.1) is 12.4 Å². The number of halogens is 2. The molecule has 0 amide bonds. The van der Waals surface area contributed by atoms with Crippen LogP contribution in [0.4, 0.5) is 0 Å². The first-order valence-corrected chi connectivity index (χ1v) is 12.3. The van der Waals surface area contributed by atoms with Crippen LogP contribution in [0.1, 0.15) is 42.0 Å². The Balaban J connectivity index is 0.00000241.